The number of nitrogens with two attached hydrogens (primary N) is 1. The molecule has 2 heterocycles. The number of benzene rings is 2. The summed E-state index contributed by atoms with van der Waals surface area (Å²) >= 11 is 1.33. The van der Waals surface area contributed by atoms with Gasteiger partial charge < -0.3 is 82.9 Å². The summed E-state index contributed by atoms with van der Waals surface area (Å²) in [6.07, 6.45) is -4.54. The monoisotopic (exact) mass is 1670 g/mol. The number of hydrogen-bond acceptors (Lipinski definition) is 25. The van der Waals surface area contributed by atoms with Crippen LogP contribution in [0, 0.1) is 29.6 Å². The average molecular weight is 1670 g/mol. The number of anilines is 2. The Morgan fingerprint density at radius 3 is 1.29 bits per heavy atom. The standard InChI is InChI=1S/C74H111N17O23S2/c1-18-40(10)61(49(112-17)27-52(75)92)87(14)56(96)31-78-68(103)60(39(8)9)89(16)74(111)114-33-44-21-25-46(26-22-44)82-63(98)42(12)80-66(101)58(37(4)5)86-91-55(95)29-51(70(91)105)116-35-48(71(106)107)83-64(99)47(84-72(108)109)34-115-50-28-54(94)90(69(50)104)85-57(36(2)3)65(100)79-41(11)62(97)81-45-23-19-43(20-24-45)32-113-73(110)88(15)59(38(6)7)67(102)77-30-53(93)76-13/h19-26,36-42,47-51,57-61,84-86H,18,27-35H2,1-17H3,(H2,75,92)(H,76,93)(H,77,102)(H,78,103)(H,79,100)(H,80,101)(H,81,97)(H,82,98)(H,83,99)(H,106,107)(H,108,109)/t40-,41-,42-,47?,48?,49+,50?,51?,57-,58-,59-,60-,61-/m0/s1. The Labute approximate surface area is 680 Å². The number of likely N-dealkylation sites (N-methyl/N-ethyl adjacent to an activating group) is 4. The van der Waals surface area contributed by atoms with Gasteiger partial charge in [-0.15, -0.1) is 23.5 Å². The fourth-order valence-electron chi connectivity index (χ4n) is 12.1. The Kier molecular flexibility index (Phi) is 38.8. The fraction of sp³-hybridized carbons (Fsp3) is 0.595. The number of carbonyl (C=O) groups excluding carboxylic acids is 16. The van der Waals surface area contributed by atoms with Crippen molar-refractivity contribution in [3.05, 3.63) is 59.7 Å². The molecule has 116 heavy (non-hydrogen) atoms. The number of carboxylic acid groups (broad SMARTS) is 2. The molecule has 2 aliphatic heterocycles. The third kappa shape index (κ3) is 28.9. The molecule has 42 heteroatoms. The smallest absolute Gasteiger partial charge is 0.410 e. The molecule has 2 fully saturated rings. The van der Waals surface area contributed by atoms with Crippen LogP contribution in [0.2, 0.25) is 0 Å². The van der Waals surface area contributed by atoms with Crippen molar-refractivity contribution in [2.75, 3.05) is 70.5 Å². The molecule has 13 atom stereocenters. The second-order valence-electron chi connectivity index (χ2n) is 29.3. The summed E-state index contributed by atoms with van der Waals surface area (Å²) in [5.74, 6) is -15.0. The van der Waals surface area contributed by atoms with Gasteiger partial charge in [-0.05, 0) is 78.8 Å². The van der Waals surface area contributed by atoms with Gasteiger partial charge in [0.1, 0.15) is 61.5 Å². The van der Waals surface area contributed by atoms with E-state index in [2.05, 4.69) is 53.4 Å². The van der Waals surface area contributed by atoms with Crippen molar-refractivity contribution in [1.29, 1.82) is 0 Å². The number of aliphatic carboxylic acids is 1. The number of nitrogens with zero attached hydrogens (tertiary/aromatic N) is 5. The van der Waals surface area contributed by atoms with Gasteiger partial charge in [0.25, 0.3) is 11.8 Å². The van der Waals surface area contributed by atoms with E-state index < -0.39 is 227 Å². The topological polar surface area (TPSA) is 550 Å². The predicted octanol–water partition coefficient (Wildman–Crippen LogP) is 0.186. The van der Waals surface area contributed by atoms with Crippen LogP contribution < -0.4 is 64.4 Å². The van der Waals surface area contributed by atoms with Gasteiger partial charge in [0.15, 0.2) is 0 Å². The van der Waals surface area contributed by atoms with E-state index in [9.17, 15) is 96.5 Å². The van der Waals surface area contributed by atoms with Crippen LogP contribution in [0.3, 0.4) is 0 Å². The van der Waals surface area contributed by atoms with Gasteiger partial charge in [0, 0.05) is 71.0 Å². The summed E-state index contributed by atoms with van der Waals surface area (Å²) in [4.78, 5) is 240. The molecule has 17 amide bonds. The van der Waals surface area contributed by atoms with Crippen LogP contribution in [0.5, 0.6) is 0 Å². The minimum atomic E-state index is -1.81. The second kappa shape index (κ2) is 46.1. The minimum absolute atomic E-state index is 0.0982. The summed E-state index contributed by atoms with van der Waals surface area (Å²) in [6, 6.07) is 1.18. The summed E-state index contributed by atoms with van der Waals surface area (Å²) in [6.45, 7) is 18.7. The lowest BCUT2D eigenvalue weighted by Gasteiger charge is -2.37. The van der Waals surface area contributed by atoms with Gasteiger partial charge in [-0.1, -0.05) is 99.9 Å². The fourth-order valence-corrected chi connectivity index (χ4v) is 14.4. The van der Waals surface area contributed by atoms with Crippen LogP contribution in [-0.2, 0) is 99.3 Å². The van der Waals surface area contributed by atoms with Crippen molar-refractivity contribution in [3.63, 3.8) is 0 Å². The number of carbonyl (C=O) groups is 18. The molecular formula is C74H111N17O23S2. The molecule has 0 bridgehead atoms. The van der Waals surface area contributed by atoms with Crippen molar-refractivity contribution in [3.8, 4) is 0 Å². The van der Waals surface area contributed by atoms with Gasteiger partial charge in [-0.2, -0.15) is 0 Å². The maximum atomic E-state index is 13.8. The van der Waals surface area contributed by atoms with Crippen molar-refractivity contribution < 1.29 is 111 Å². The number of rotatable bonds is 45. The minimum Gasteiger partial charge on any atom is -0.480 e. The van der Waals surface area contributed by atoms with Crippen LogP contribution in [0.1, 0.15) is 120 Å². The highest BCUT2D eigenvalue weighted by Crippen LogP contribution is 2.29. The maximum absolute atomic E-state index is 13.8. The molecule has 2 aliphatic rings. The van der Waals surface area contributed by atoms with Crippen LogP contribution in [-0.4, -0.2) is 273 Å². The average Bonchev–Trinajstić information content (AvgIpc) is 1.65. The van der Waals surface area contributed by atoms with E-state index in [1.165, 1.54) is 71.3 Å². The first-order valence-electron chi connectivity index (χ1n) is 37.4. The zero-order valence-corrected chi connectivity index (χ0v) is 69.7. The number of hydrogen-bond donors (Lipinski definition) is 14. The van der Waals surface area contributed by atoms with Crippen molar-refractivity contribution >= 4 is 142 Å². The highest BCUT2D eigenvalue weighted by molar-refractivity contribution is 8.01. The first kappa shape index (κ1) is 97.6. The summed E-state index contributed by atoms with van der Waals surface area (Å²) in [5, 5.41) is 40.7. The van der Waals surface area contributed by atoms with E-state index in [1.54, 1.807) is 86.7 Å². The van der Waals surface area contributed by atoms with Crippen LogP contribution in [0.25, 0.3) is 0 Å². The van der Waals surface area contributed by atoms with Crippen molar-refractivity contribution in [1.82, 2.24) is 72.8 Å². The van der Waals surface area contributed by atoms with Crippen molar-refractivity contribution in [2.24, 2.45) is 35.3 Å². The number of imide groups is 2. The number of nitrogens with one attached hydrogen (secondary N) is 11. The number of primary amides is 1. The van der Waals surface area contributed by atoms with Gasteiger partial charge in [-0.3, -0.25) is 76.9 Å². The lowest BCUT2D eigenvalue weighted by molar-refractivity contribution is -0.146. The third-order valence-corrected chi connectivity index (χ3v) is 21.5. The Morgan fingerprint density at radius 1 is 0.534 bits per heavy atom. The Hall–Kier alpha value is -10.7. The molecule has 0 spiro atoms. The van der Waals surface area contributed by atoms with Gasteiger partial charge in [0.2, 0.25) is 70.9 Å². The maximum Gasteiger partial charge on any atom is 0.410 e. The molecule has 0 saturated carbocycles. The molecule has 2 aromatic rings. The predicted molar refractivity (Wildman–Crippen MR) is 423 cm³/mol. The van der Waals surface area contributed by atoms with E-state index in [-0.39, 0.29) is 43.7 Å². The molecule has 40 nitrogen and oxygen atoms in total. The summed E-state index contributed by atoms with van der Waals surface area (Å²) in [7, 11) is 7.14. The molecular weight excluding hydrogens is 1560 g/mol. The van der Waals surface area contributed by atoms with E-state index in [4.69, 9.17) is 19.9 Å². The zero-order chi connectivity index (χ0) is 87.4. The highest BCUT2D eigenvalue weighted by Gasteiger charge is 2.46. The van der Waals surface area contributed by atoms with Crippen molar-refractivity contribution in [2.45, 2.75) is 193 Å². The molecule has 0 aromatic heterocycles. The van der Waals surface area contributed by atoms with Gasteiger partial charge in [-0.25, -0.2) is 40.0 Å². The number of methoxy groups -OCH3 is 1. The van der Waals surface area contributed by atoms with Crippen LogP contribution >= 0.6 is 23.5 Å². The Bertz CT molecular complexity index is 3870. The molecule has 0 radical (unpaired) electrons. The molecule has 642 valence electrons. The van der Waals surface area contributed by atoms with E-state index in [1.807, 2.05) is 19.2 Å². The molecule has 2 aromatic carbocycles. The number of ether oxygens (including phenoxy) is 3. The molecule has 0 aliphatic carbocycles. The van der Waals surface area contributed by atoms with Gasteiger partial charge >= 0.3 is 24.2 Å². The molecule has 2 saturated heterocycles. The van der Waals surface area contributed by atoms with E-state index >= 15 is 0 Å². The lowest BCUT2D eigenvalue weighted by atomic mass is 9.91. The summed E-state index contributed by atoms with van der Waals surface area (Å²) < 4.78 is 16.5. The SMILES string of the molecule is CC[C@H](C)[C@@H]([C@@H](CC(N)=O)OC)N(C)C(=O)CNC(=O)[C@H](C(C)C)N(C)C(=O)OCc1ccc(NC(=O)[C@H](C)NC(=O)[C@@H](NN2C(=O)CC(SCC(NC(=O)C(CSC3CC(=O)N(N[C@H](C(=O)N[C@@H](C)C(=O)Nc4ccc(COC(=O)N(C)[C@H](C(=O)NCC(=O)NC)C(C)C)cc4)C(C)C)C3=O)NC(=O)O)C(=O)O)C2=O)C(C)C)cc1. The number of carboxylic acids is 1. The second-order valence-corrected chi connectivity index (χ2v) is 31.7. The number of amides is 17. The largest absolute Gasteiger partial charge is 0.480 e. The number of thioether (sulfide) groups is 2. The normalized spacial score (nSPS) is 16.9. The van der Waals surface area contributed by atoms with Gasteiger partial charge in [0.05, 0.1) is 42.2 Å². The third-order valence-electron chi connectivity index (χ3n) is 19.0. The van der Waals surface area contributed by atoms with E-state index in [0.717, 1.165) is 9.80 Å². The number of hydrazine groups is 2. The first-order valence-corrected chi connectivity index (χ1v) is 39.5. The summed E-state index contributed by atoms with van der Waals surface area (Å²) in [5.41, 5.74) is 12.3. The van der Waals surface area contributed by atoms with Crippen LogP contribution in [0.4, 0.5) is 25.8 Å². The first-order chi connectivity index (χ1) is 54.4. The lowest BCUT2D eigenvalue weighted by Crippen LogP contribution is -2.58. The Morgan fingerprint density at radius 2 is 0.940 bits per heavy atom. The molecule has 15 N–H and O–H groups in total. The molecule has 4 rings (SSSR count). The highest BCUT2D eigenvalue weighted by atomic mass is 32.2. The Balaban J connectivity index is 1.26. The zero-order valence-electron chi connectivity index (χ0n) is 68.1. The quantitative estimate of drug-likeness (QED) is 0.0394. The molecule has 4 unspecified atom stereocenters. The van der Waals surface area contributed by atoms with E-state index in [0.29, 0.717) is 56.8 Å². The van der Waals surface area contributed by atoms with Crippen LogP contribution in [0.15, 0.2) is 48.5 Å².